The normalized spacial score (nSPS) is 10.0. The number of aromatic amines is 1. The third-order valence-electron chi connectivity index (χ3n) is 3.31. The van der Waals surface area contributed by atoms with Crippen LogP contribution in [0.2, 0.25) is 0 Å². The number of aryl methyl sites for hydroxylation is 1. The zero-order valence-electron chi connectivity index (χ0n) is 13.6. The average molecular weight is 344 g/mol. The van der Waals surface area contributed by atoms with E-state index < -0.39 is 30.0 Å². The third-order valence-corrected chi connectivity index (χ3v) is 3.31. The summed E-state index contributed by atoms with van der Waals surface area (Å²) in [6.07, 6.45) is 1.38. The van der Waals surface area contributed by atoms with Gasteiger partial charge in [-0.1, -0.05) is 6.07 Å². The van der Waals surface area contributed by atoms with Crippen molar-refractivity contribution in [2.75, 3.05) is 19.0 Å². The number of H-pyrrole nitrogens is 1. The quantitative estimate of drug-likeness (QED) is 0.789. The van der Waals surface area contributed by atoms with E-state index in [0.29, 0.717) is 11.3 Å². The van der Waals surface area contributed by atoms with Crippen LogP contribution in [0.1, 0.15) is 26.3 Å². The fourth-order valence-corrected chi connectivity index (χ4v) is 1.98. The second-order valence-electron chi connectivity index (χ2n) is 5.06. The zero-order valence-corrected chi connectivity index (χ0v) is 13.6. The van der Waals surface area contributed by atoms with Crippen molar-refractivity contribution < 1.29 is 23.9 Å². The molecule has 0 aliphatic carbocycles. The molecule has 0 radical (unpaired) electrons. The maximum atomic E-state index is 11.9. The molecule has 0 unspecified atom stereocenters. The molecular formula is C17H16N2O6. The first kappa shape index (κ1) is 17.9. The van der Waals surface area contributed by atoms with Gasteiger partial charge in [-0.2, -0.15) is 0 Å². The topological polar surface area (TPSA) is 115 Å². The highest BCUT2D eigenvalue weighted by molar-refractivity contribution is 5.97. The van der Waals surface area contributed by atoms with Gasteiger partial charge in [0.25, 0.3) is 11.5 Å². The summed E-state index contributed by atoms with van der Waals surface area (Å²) in [5.74, 6) is -2.05. The lowest BCUT2D eigenvalue weighted by molar-refractivity contribution is -0.119. The summed E-state index contributed by atoms with van der Waals surface area (Å²) >= 11 is 0. The van der Waals surface area contributed by atoms with Crippen molar-refractivity contribution in [3.63, 3.8) is 0 Å². The van der Waals surface area contributed by atoms with Gasteiger partial charge in [0.05, 0.1) is 12.7 Å². The Bertz CT molecular complexity index is 871. The first-order valence-electron chi connectivity index (χ1n) is 7.26. The molecule has 1 amide bonds. The maximum Gasteiger partial charge on any atom is 0.344 e. The number of carbonyl (C=O) groups is 3. The van der Waals surface area contributed by atoms with Crippen molar-refractivity contribution in [1.29, 1.82) is 0 Å². The van der Waals surface area contributed by atoms with Crippen molar-refractivity contribution in [3.8, 4) is 0 Å². The molecule has 130 valence electrons. The van der Waals surface area contributed by atoms with E-state index in [4.69, 9.17) is 4.74 Å². The Hall–Kier alpha value is -3.42. The molecule has 8 heteroatoms. The first-order chi connectivity index (χ1) is 11.9. The predicted molar refractivity (Wildman–Crippen MR) is 88.5 cm³/mol. The number of rotatable bonds is 5. The highest BCUT2D eigenvalue weighted by Gasteiger charge is 2.15. The summed E-state index contributed by atoms with van der Waals surface area (Å²) in [4.78, 5) is 49.1. The van der Waals surface area contributed by atoms with E-state index in [1.807, 2.05) is 0 Å². The molecule has 0 aliphatic rings. The minimum atomic E-state index is -0.906. The number of ether oxygens (including phenoxy) is 2. The lowest BCUT2D eigenvalue weighted by atomic mass is 10.1. The van der Waals surface area contributed by atoms with E-state index in [9.17, 15) is 19.2 Å². The average Bonchev–Trinajstić information content (AvgIpc) is 2.61. The fraction of sp³-hybridized carbons (Fsp3) is 0.176. The zero-order chi connectivity index (χ0) is 18.4. The van der Waals surface area contributed by atoms with Crippen LogP contribution in [0.5, 0.6) is 0 Å². The minimum Gasteiger partial charge on any atom is -0.465 e. The van der Waals surface area contributed by atoms with E-state index in [-0.39, 0.29) is 11.1 Å². The van der Waals surface area contributed by atoms with Gasteiger partial charge in [-0.25, -0.2) is 9.59 Å². The Morgan fingerprint density at radius 3 is 2.60 bits per heavy atom. The van der Waals surface area contributed by atoms with Crippen LogP contribution in [-0.4, -0.2) is 36.5 Å². The third kappa shape index (κ3) is 4.54. The number of pyridine rings is 1. The fourth-order valence-electron chi connectivity index (χ4n) is 1.98. The predicted octanol–water partition coefficient (Wildman–Crippen LogP) is 1.27. The van der Waals surface area contributed by atoms with Gasteiger partial charge in [-0.05, 0) is 36.8 Å². The van der Waals surface area contributed by atoms with Crippen molar-refractivity contribution >= 4 is 23.5 Å². The summed E-state index contributed by atoms with van der Waals surface area (Å²) < 4.78 is 9.44. The van der Waals surface area contributed by atoms with Crippen molar-refractivity contribution in [3.05, 3.63) is 63.6 Å². The van der Waals surface area contributed by atoms with Crippen molar-refractivity contribution in [1.82, 2.24) is 4.98 Å². The summed E-state index contributed by atoms with van der Waals surface area (Å²) in [6, 6.07) is 7.45. The van der Waals surface area contributed by atoms with E-state index in [1.54, 1.807) is 19.1 Å². The molecule has 0 fully saturated rings. The Kier molecular flexibility index (Phi) is 5.67. The van der Waals surface area contributed by atoms with Gasteiger partial charge in [-0.3, -0.25) is 9.59 Å². The molecule has 1 heterocycles. The number of amides is 1. The summed E-state index contributed by atoms with van der Waals surface area (Å²) in [5.41, 5.74) is 0.582. The van der Waals surface area contributed by atoms with Crippen LogP contribution in [0, 0.1) is 6.92 Å². The summed E-state index contributed by atoms with van der Waals surface area (Å²) in [6.45, 7) is 1.17. The van der Waals surface area contributed by atoms with E-state index in [0.717, 1.165) is 0 Å². The molecule has 2 rings (SSSR count). The van der Waals surface area contributed by atoms with Crippen LogP contribution in [0.25, 0.3) is 0 Å². The molecule has 0 saturated carbocycles. The molecule has 1 aromatic carbocycles. The lowest BCUT2D eigenvalue weighted by Crippen LogP contribution is -2.24. The number of hydrogen-bond donors (Lipinski definition) is 2. The molecular weight excluding hydrogens is 328 g/mol. The standard InChI is InChI=1S/C17H16N2O6/c1-10-5-6-11(16(22)24-2)8-13(10)19-14(20)9-25-17(23)12-4-3-7-18-15(12)21/h3-8H,9H2,1-2H3,(H,18,21)(H,19,20). The van der Waals surface area contributed by atoms with Gasteiger partial charge < -0.3 is 19.8 Å². The molecule has 1 aromatic heterocycles. The maximum absolute atomic E-state index is 11.9. The number of esters is 2. The molecule has 0 spiro atoms. The van der Waals surface area contributed by atoms with Gasteiger partial charge in [-0.15, -0.1) is 0 Å². The molecule has 25 heavy (non-hydrogen) atoms. The number of nitrogens with one attached hydrogen (secondary N) is 2. The molecule has 0 bridgehead atoms. The largest absolute Gasteiger partial charge is 0.465 e. The van der Waals surface area contributed by atoms with Crippen LogP contribution < -0.4 is 10.9 Å². The smallest absolute Gasteiger partial charge is 0.344 e. The summed E-state index contributed by atoms with van der Waals surface area (Å²) in [7, 11) is 1.26. The number of carbonyl (C=O) groups excluding carboxylic acids is 3. The van der Waals surface area contributed by atoms with Crippen molar-refractivity contribution in [2.24, 2.45) is 0 Å². The minimum absolute atomic E-state index is 0.195. The Morgan fingerprint density at radius 2 is 1.92 bits per heavy atom. The second kappa shape index (κ2) is 7.91. The van der Waals surface area contributed by atoms with Crippen LogP contribution in [0.15, 0.2) is 41.3 Å². The Morgan fingerprint density at radius 1 is 1.16 bits per heavy atom. The molecule has 0 atom stereocenters. The van der Waals surface area contributed by atoms with Gasteiger partial charge in [0.2, 0.25) is 0 Å². The number of aromatic nitrogens is 1. The highest BCUT2D eigenvalue weighted by atomic mass is 16.5. The molecule has 8 nitrogen and oxygen atoms in total. The van der Waals surface area contributed by atoms with Gasteiger partial charge >= 0.3 is 11.9 Å². The van der Waals surface area contributed by atoms with Gasteiger partial charge in [0.1, 0.15) is 5.56 Å². The van der Waals surface area contributed by atoms with Gasteiger partial charge in [0, 0.05) is 11.9 Å². The van der Waals surface area contributed by atoms with Crippen molar-refractivity contribution in [2.45, 2.75) is 6.92 Å². The molecule has 2 N–H and O–H groups in total. The highest BCUT2D eigenvalue weighted by Crippen LogP contribution is 2.17. The molecule has 0 saturated heterocycles. The van der Waals surface area contributed by atoms with E-state index in [2.05, 4.69) is 15.0 Å². The second-order valence-corrected chi connectivity index (χ2v) is 5.06. The van der Waals surface area contributed by atoms with E-state index in [1.165, 1.54) is 31.5 Å². The summed E-state index contributed by atoms with van der Waals surface area (Å²) in [5, 5.41) is 2.54. The Labute approximate surface area is 142 Å². The number of methoxy groups -OCH3 is 1. The monoisotopic (exact) mass is 344 g/mol. The molecule has 2 aromatic rings. The SMILES string of the molecule is COC(=O)c1ccc(C)c(NC(=O)COC(=O)c2ccc[nH]c2=O)c1. The van der Waals surface area contributed by atoms with E-state index >= 15 is 0 Å². The van der Waals surface area contributed by atoms with Gasteiger partial charge in [0.15, 0.2) is 6.61 Å². The number of benzene rings is 1. The van der Waals surface area contributed by atoms with Crippen LogP contribution in [0.3, 0.4) is 0 Å². The van der Waals surface area contributed by atoms with Crippen LogP contribution in [0.4, 0.5) is 5.69 Å². The first-order valence-corrected chi connectivity index (χ1v) is 7.26. The van der Waals surface area contributed by atoms with Crippen LogP contribution >= 0.6 is 0 Å². The molecule has 0 aliphatic heterocycles. The number of hydrogen-bond acceptors (Lipinski definition) is 6. The number of anilines is 1. The Balaban J connectivity index is 2.01. The van der Waals surface area contributed by atoms with Crippen LogP contribution in [-0.2, 0) is 14.3 Å². The lowest BCUT2D eigenvalue weighted by Gasteiger charge is -2.10.